The quantitative estimate of drug-likeness (QED) is 0.0556. The molecule has 0 aromatic heterocycles. The van der Waals surface area contributed by atoms with E-state index in [4.69, 9.17) is 19.5 Å². The van der Waals surface area contributed by atoms with Gasteiger partial charge in [-0.2, -0.15) is 0 Å². The Hall–Kier alpha value is -8.70. The van der Waals surface area contributed by atoms with Crippen LogP contribution in [0.3, 0.4) is 0 Å². The molecule has 80 heavy (non-hydrogen) atoms. The molecule has 0 aliphatic heterocycles. The fourth-order valence-corrected chi connectivity index (χ4v) is 12.6. The van der Waals surface area contributed by atoms with Crippen LogP contribution in [0.25, 0.3) is 76.5 Å². The smallest absolute Gasteiger partial charge is 0.132 e. The highest BCUT2D eigenvalue weighted by molar-refractivity contribution is 6.11. The molecular weight excluding hydrogens is 993 g/mol. The molecule has 0 heterocycles. The average Bonchev–Trinajstić information content (AvgIpc) is 3.51. The number of aromatic hydroxyl groups is 4. The summed E-state index contributed by atoms with van der Waals surface area (Å²) in [7, 11) is 3.34. The van der Waals surface area contributed by atoms with Gasteiger partial charge < -0.3 is 40.5 Å². The zero-order valence-electron chi connectivity index (χ0n) is 45.2. The molecule has 10 heteroatoms. The Morgan fingerprint density at radius 3 is 1.20 bits per heavy atom. The Labute approximate surface area is 466 Å². The molecule has 0 unspecified atom stereocenters. The molecule has 402 valence electrons. The molecule has 12 rings (SSSR count). The predicted molar refractivity (Wildman–Crippen MR) is 326 cm³/mol. The number of benzene rings is 10. The highest BCUT2D eigenvalue weighted by atomic mass is 16.5. The average molecular weight is 1060 g/mol. The van der Waals surface area contributed by atoms with E-state index in [1.54, 1.807) is 26.6 Å². The summed E-state index contributed by atoms with van der Waals surface area (Å²) in [6.07, 6.45) is 11.3. The van der Waals surface area contributed by atoms with Crippen molar-refractivity contribution >= 4 is 55.5 Å². The van der Waals surface area contributed by atoms with Gasteiger partial charge in [0, 0.05) is 93.2 Å². The van der Waals surface area contributed by atoms with E-state index in [0.29, 0.717) is 46.8 Å². The maximum absolute atomic E-state index is 12.2. The first-order valence-electron chi connectivity index (χ1n) is 28.0. The molecule has 2 saturated carbocycles. The van der Waals surface area contributed by atoms with Crippen LogP contribution in [0.5, 0.6) is 34.5 Å². The van der Waals surface area contributed by atoms with Gasteiger partial charge >= 0.3 is 0 Å². The molecule has 2 aliphatic carbocycles. The molecule has 0 spiro atoms. The number of hydrogen-bond donors (Lipinski definition) is 6. The Bertz CT molecular complexity index is 3740. The van der Waals surface area contributed by atoms with Crippen LogP contribution in [0.15, 0.2) is 180 Å². The molecule has 4 atom stereocenters. The van der Waals surface area contributed by atoms with Gasteiger partial charge in [-0.1, -0.05) is 159 Å². The van der Waals surface area contributed by atoms with Crippen LogP contribution in [0.2, 0.25) is 0 Å². The minimum atomic E-state index is -0.0621. The van der Waals surface area contributed by atoms with Gasteiger partial charge in [0.2, 0.25) is 0 Å². The first kappa shape index (κ1) is 52.0. The lowest BCUT2D eigenvalue weighted by molar-refractivity contribution is 0.327. The van der Waals surface area contributed by atoms with Crippen molar-refractivity contribution in [3.8, 4) is 67.9 Å². The SMILES string of the molecule is COc1ccc2ccccc2c1-c1c(O)c(CN[C@@H]2CCCC[C@H]2N=Cc2cccc(-c3cccc(C=N[C@@H]4CCCC[C@H]4NCc4cc5ccccc5c(-c5c(OC)ccc6ccccc56)c4O)c3O)c2O)cc2ccccc12. The Balaban J connectivity index is 0.761. The lowest BCUT2D eigenvalue weighted by Crippen LogP contribution is -2.40. The standard InChI is InChI=1S/C70H66N4O6/c1-79-61-35-33-43-17-3-7-23-51(43)63(61)65-53-25-9-5-19-45(53)37-49(69(65)77)41-73-59-31-13-11-29-57(59)71-39-47-21-15-27-55(67(47)75)56-28-16-22-48(68(56)76)40-72-58-30-12-14-32-60(58)74-42-50-38-46-20-6-10-26-54(46)66(70(50)78)64-52-24-8-4-18-44(52)34-36-62(64)80-2/h3-10,15-28,33-40,57-60,73-78H,11-14,29-32,41-42H2,1-2H3/t57-,58-,59-,60-/m1/s1. The zero-order valence-corrected chi connectivity index (χ0v) is 45.2. The van der Waals surface area contributed by atoms with Crippen LogP contribution < -0.4 is 20.1 Å². The minimum absolute atomic E-state index is 0.0361. The number of nitrogens with zero attached hydrogens (tertiary/aromatic N) is 2. The summed E-state index contributed by atoms with van der Waals surface area (Å²) in [6.45, 7) is 0.871. The summed E-state index contributed by atoms with van der Waals surface area (Å²) in [4.78, 5) is 10.2. The lowest BCUT2D eigenvalue weighted by Gasteiger charge is -2.30. The summed E-state index contributed by atoms with van der Waals surface area (Å²) in [5.74, 6) is 1.92. The van der Waals surface area contributed by atoms with Gasteiger partial charge in [-0.25, -0.2) is 0 Å². The molecule has 2 aliphatic rings. The van der Waals surface area contributed by atoms with Gasteiger partial charge in [0.05, 0.1) is 26.3 Å². The monoisotopic (exact) mass is 1060 g/mol. The van der Waals surface area contributed by atoms with Crippen molar-refractivity contribution < 1.29 is 29.9 Å². The molecule has 0 amide bonds. The van der Waals surface area contributed by atoms with E-state index in [1.807, 2.05) is 97.1 Å². The number of aliphatic imine (C=N–C) groups is 2. The van der Waals surface area contributed by atoms with Crippen molar-refractivity contribution in [2.24, 2.45) is 9.98 Å². The Morgan fingerprint density at radius 2 is 0.787 bits per heavy atom. The van der Waals surface area contributed by atoms with Crippen LogP contribution in [0.1, 0.15) is 73.6 Å². The van der Waals surface area contributed by atoms with Crippen LogP contribution in [0.4, 0.5) is 0 Å². The number of hydrogen-bond acceptors (Lipinski definition) is 10. The minimum Gasteiger partial charge on any atom is -0.507 e. The van der Waals surface area contributed by atoms with Crippen LogP contribution in [0, 0.1) is 0 Å². The van der Waals surface area contributed by atoms with Crippen molar-refractivity contribution in [2.75, 3.05) is 14.2 Å². The van der Waals surface area contributed by atoms with E-state index in [1.165, 1.54) is 0 Å². The molecule has 0 bridgehead atoms. The lowest BCUT2D eigenvalue weighted by atomic mass is 9.89. The number of para-hydroxylation sites is 2. The molecule has 2 fully saturated rings. The van der Waals surface area contributed by atoms with E-state index in [0.717, 1.165) is 128 Å². The number of phenols is 4. The third-order valence-corrected chi connectivity index (χ3v) is 16.7. The normalized spacial score (nSPS) is 17.8. The second-order valence-corrected chi connectivity index (χ2v) is 21.4. The second kappa shape index (κ2) is 22.9. The predicted octanol–water partition coefficient (Wildman–Crippen LogP) is 15.2. The van der Waals surface area contributed by atoms with E-state index in [2.05, 4.69) is 83.4 Å². The molecule has 0 radical (unpaired) electrons. The van der Waals surface area contributed by atoms with Crippen LogP contribution in [-0.2, 0) is 13.1 Å². The van der Waals surface area contributed by atoms with E-state index < -0.39 is 0 Å². The van der Waals surface area contributed by atoms with E-state index >= 15 is 0 Å². The molecule has 6 N–H and O–H groups in total. The summed E-state index contributed by atoms with van der Waals surface area (Å²) in [5, 5.41) is 63.9. The Morgan fingerprint density at radius 1 is 0.412 bits per heavy atom. The topological polar surface area (TPSA) is 148 Å². The molecule has 10 nitrogen and oxygen atoms in total. The molecule has 0 saturated heterocycles. The Kier molecular flexibility index (Phi) is 14.9. The number of rotatable bonds is 15. The fraction of sp³-hybridized carbons (Fsp3) is 0.229. The third-order valence-electron chi connectivity index (χ3n) is 16.7. The summed E-state index contributed by atoms with van der Waals surface area (Å²) in [5.41, 5.74) is 6.93. The van der Waals surface area contributed by atoms with E-state index in [9.17, 15) is 20.4 Å². The van der Waals surface area contributed by atoms with Crippen molar-refractivity contribution in [1.29, 1.82) is 0 Å². The second-order valence-electron chi connectivity index (χ2n) is 21.4. The highest BCUT2D eigenvalue weighted by Gasteiger charge is 2.28. The van der Waals surface area contributed by atoms with E-state index in [-0.39, 0.29) is 47.2 Å². The van der Waals surface area contributed by atoms with Gasteiger partial charge in [0.1, 0.15) is 34.5 Å². The van der Waals surface area contributed by atoms with Crippen molar-refractivity contribution in [2.45, 2.75) is 88.6 Å². The number of fused-ring (bicyclic) bond motifs is 4. The molecular formula is C70H66N4O6. The summed E-state index contributed by atoms with van der Waals surface area (Å²) >= 11 is 0. The number of nitrogens with one attached hydrogen (secondary N) is 2. The van der Waals surface area contributed by atoms with Gasteiger partial charge in [-0.3, -0.25) is 9.98 Å². The number of methoxy groups -OCH3 is 2. The molecule has 10 aromatic rings. The highest BCUT2D eigenvalue weighted by Crippen LogP contribution is 2.49. The van der Waals surface area contributed by atoms with Crippen molar-refractivity contribution in [1.82, 2.24) is 10.6 Å². The molecule has 10 aromatic carbocycles. The fourth-order valence-electron chi connectivity index (χ4n) is 12.6. The third kappa shape index (κ3) is 10.1. The van der Waals surface area contributed by atoms with Gasteiger partial charge in [0.25, 0.3) is 0 Å². The first-order valence-corrected chi connectivity index (χ1v) is 28.0. The van der Waals surface area contributed by atoms with Crippen LogP contribution >= 0.6 is 0 Å². The van der Waals surface area contributed by atoms with Gasteiger partial charge in [0.15, 0.2) is 0 Å². The summed E-state index contributed by atoms with van der Waals surface area (Å²) < 4.78 is 11.9. The number of ether oxygens (including phenoxy) is 2. The number of phenolic OH excluding ortho intramolecular Hbond substituents is 4. The zero-order chi connectivity index (χ0) is 54.7. The maximum atomic E-state index is 12.2. The van der Waals surface area contributed by atoms with Crippen molar-refractivity contribution in [3.05, 3.63) is 192 Å². The van der Waals surface area contributed by atoms with Crippen LogP contribution in [-0.4, -0.2) is 71.2 Å². The van der Waals surface area contributed by atoms with Gasteiger partial charge in [-0.15, -0.1) is 0 Å². The largest absolute Gasteiger partial charge is 0.507 e. The van der Waals surface area contributed by atoms with Crippen molar-refractivity contribution in [3.63, 3.8) is 0 Å². The summed E-state index contributed by atoms with van der Waals surface area (Å²) in [6, 6.07) is 56.0. The van der Waals surface area contributed by atoms with Gasteiger partial charge in [-0.05, 0) is 105 Å². The first-order chi connectivity index (χ1) is 39.3. The maximum Gasteiger partial charge on any atom is 0.132 e.